The maximum Gasteiger partial charge on any atom is 0.236 e. The minimum atomic E-state index is -0.196. The Kier molecular flexibility index (Phi) is 5.23. The van der Waals surface area contributed by atoms with Crippen molar-refractivity contribution in [2.45, 2.75) is 46.3 Å². The van der Waals surface area contributed by atoms with E-state index in [1.807, 2.05) is 13.0 Å². The zero-order valence-electron chi connectivity index (χ0n) is 13.4. The summed E-state index contributed by atoms with van der Waals surface area (Å²) in [6.45, 7) is 9.56. The zero-order chi connectivity index (χ0) is 15.4. The molecule has 0 fully saturated rings. The summed E-state index contributed by atoms with van der Waals surface area (Å²) in [5, 5.41) is 6.20. The van der Waals surface area contributed by atoms with Gasteiger partial charge in [0.25, 0.3) is 0 Å². The van der Waals surface area contributed by atoms with Crippen molar-refractivity contribution in [3.05, 3.63) is 29.3 Å². The number of hydrogen-bond donors (Lipinski definition) is 2. The van der Waals surface area contributed by atoms with Gasteiger partial charge in [-0.05, 0) is 31.4 Å². The van der Waals surface area contributed by atoms with Gasteiger partial charge < -0.3 is 15.4 Å². The predicted molar refractivity (Wildman–Crippen MR) is 84.6 cm³/mol. The number of fused-ring (bicyclic) bond motifs is 1. The van der Waals surface area contributed by atoms with Gasteiger partial charge in [-0.1, -0.05) is 31.5 Å². The molecular weight excluding hydrogens is 264 g/mol. The van der Waals surface area contributed by atoms with Crippen LogP contribution < -0.4 is 15.4 Å². The normalized spacial score (nSPS) is 18.2. The Morgan fingerprint density at radius 2 is 2.14 bits per heavy atom. The molecule has 4 heteroatoms. The predicted octanol–water partition coefficient (Wildman–Crippen LogP) is 2.05. The Bertz CT molecular complexity index is 500. The van der Waals surface area contributed by atoms with Crippen LogP contribution in [0.1, 0.15) is 31.9 Å². The van der Waals surface area contributed by atoms with Gasteiger partial charge in [-0.15, -0.1) is 0 Å². The van der Waals surface area contributed by atoms with Crippen LogP contribution in [0.4, 0.5) is 0 Å². The first-order chi connectivity index (χ1) is 9.95. The Balaban J connectivity index is 1.76. The molecule has 2 atom stereocenters. The molecule has 1 aliphatic heterocycles. The highest BCUT2D eigenvalue weighted by molar-refractivity contribution is 5.81. The fourth-order valence-electron chi connectivity index (χ4n) is 2.42. The third-order valence-electron chi connectivity index (χ3n) is 3.69. The Morgan fingerprint density at radius 3 is 2.86 bits per heavy atom. The number of ether oxygens (including phenoxy) is 1. The summed E-state index contributed by atoms with van der Waals surface area (Å²) in [6.07, 6.45) is 1.02. The molecule has 2 unspecified atom stereocenters. The van der Waals surface area contributed by atoms with Gasteiger partial charge in [-0.3, -0.25) is 4.79 Å². The summed E-state index contributed by atoms with van der Waals surface area (Å²) in [7, 11) is 0. The lowest BCUT2D eigenvalue weighted by molar-refractivity contribution is -0.122. The molecule has 1 heterocycles. The molecule has 4 nitrogen and oxygen atoms in total. The van der Waals surface area contributed by atoms with Crippen LogP contribution in [0.3, 0.4) is 0 Å². The molecule has 1 aromatic carbocycles. The molecule has 0 aliphatic carbocycles. The van der Waals surface area contributed by atoms with Gasteiger partial charge in [0.15, 0.2) is 0 Å². The quantitative estimate of drug-likeness (QED) is 0.843. The molecule has 0 aromatic heterocycles. The Morgan fingerprint density at radius 1 is 1.38 bits per heavy atom. The van der Waals surface area contributed by atoms with E-state index in [9.17, 15) is 4.79 Å². The summed E-state index contributed by atoms with van der Waals surface area (Å²) >= 11 is 0. The van der Waals surface area contributed by atoms with Crippen LogP contribution in [0.2, 0.25) is 0 Å². The smallest absolute Gasteiger partial charge is 0.236 e. The summed E-state index contributed by atoms with van der Waals surface area (Å²) in [5.41, 5.74) is 2.52. The Labute approximate surface area is 127 Å². The highest BCUT2D eigenvalue weighted by atomic mass is 16.5. The van der Waals surface area contributed by atoms with Gasteiger partial charge >= 0.3 is 0 Å². The minimum absolute atomic E-state index is 0.0510. The molecule has 0 radical (unpaired) electrons. The maximum atomic E-state index is 11.9. The number of benzene rings is 1. The number of carbonyl (C=O) groups is 1. The van der Waals surface area contributed by atoms with E-state index in [0.29, 0.717) is 12.5 Å². The van der Waals surface area contributed by atoms with Gasteiger partial charge in [0.05, 0.1) is 6.04 Å². The molecule has 116 valence electrons. The molecule has 0 saturated carbocycles. The van der Waals surface area contributed by atoms with Crippen LogP contribution in [-0.2, 0) is 11.2 Å². The second-order valence-electron chi connectivity index (χ2n) is 6.32. The summed E-state index contributed by atoms with van der Waals surface area (Å²) in [6, 6.07) is 6.08. The van der Waals surface area contributed by atoms with Crippen LogP contribution in [0.25, 0.3) is 0 Å². The third kappa shape index (κ3) is 4.46. The number of nitrogens with one attached hydrogen (secondary N) is 2. The van der Waals surface area contributed by atoms with E-state index in [1.165, 1.54) is 11.1 Å². The topological polar surface area (TPSA) is 50.4 Å². The number of carbonyl (C=O) groups excluding carboxylic acids is 1. The number of aryl methyl sites for hydroxylation is 1. The van der Waals surface area contributed by atoms with Gasteiger partial charge in [0, 0.05) is 19.5 Å². The van der Waals surface area contributed by atoms with Crippen molar-refractivity contribution in [1.29, 1.82) is 0 Å². The number of amides is 1. The van der Waals surface area contributed by atoms with Gasteiger partial charge in [-0.25, -0.2) is 0 Å². The van der Waals surface area contributed by atoms with Crippen molar-refractivity contribution >= 4 is 5.91 Å². The zero-order valence-corrected chi connectivity index (χ0v) is 13.4. The van der Waals surface area contributed by atoms with Crippen LogP contribution in [0, 0.1) is 12.8 Å². The van der Waals surface area contributed by atoms with Gasteiger partial charge in [-0.2, -0.15) is 0 Å². The molecule has 0 saturated heterocycles. The monoisotopic (exact) mass is 290 g/mol. The third-order valence-corrected chi connectivity index (χ3v) is 3.69. The lowest BCUT2D eigenvalue weighted by Gasteiger charge is -2.17. The molecule has 2 rings (SSSR count). The van der Waals surface area contributed by atoms with Crippen molar-refractivity contribution in [1.82, 2.24) is 10.6 Å². The second-order valence-corrected chi connectivity index (χ2v) is 6.32. The van der Waals surface area contributed by atoms with Crippen molar-refractivity contribution < 1.29 is 9.53 Å². The average molecular weight is 290 g/mol. The number of hydrogen-bond acceptors (Lipinski definition) is 3. The highest BCUT2D eigenvalue weighted by Crippen LogP contribution is 2.29. The minimum Gasteiger partial charge on any atom is -0.488 e. The van der Waals surface area contributed by atoms with Crippen molar-refractivity contribution in [3.8, 4) is 5.75 Å². The summed E-state index contributed by atoms with van der Waals surface area (Å²) in [5.74, 6) is 1.50. The molecule has 21 heavy (non-hydrogen) atoms. The van der Waals surface area contributed by atoms with E-state index >= 15 is 0 Å². The molecular formula is C17H26N2O2. The molecule has 0 spiro atoms. The van der Waals surface area contributed by atoms with Gasteiger partial charge in [0.2, 0.25) is 5.91 Å². The molecule has 2 N–H and O–H groups in total. The first-order valence-electron chi connectivity index (χ1n) is 7.73. The van der Waals surface area contributed by atoms with E-state index < -0.39 is 0 Å². The van der Waals surface area contributed by atoms with Crippen molar-refractivity contribution in [2.75, 3.05) is 13.1 Å². The largest absolute Gasteiger partial charge is 0.488 e. The highest BCUT2D eigenvalue weighted by Gasteiger charge is 2.24. The van der Waals surface area contributed by atoms with Crippen LogP contribution in [0.5, 0.6) is 5.75 Å². The van der Waals surface area contributed by atoms with E-state index in [4.69, 9.17) is 4.74 Å². The van der Waals surface area contributed by atoms with Gasteiger partial charge in [0.1, 0.15) is 11.9 Å². The number of rotatable bonds is 6. The molecule has 1 aromatic rings. The van der Waals surface area contributed by atoms with E-state index in [2.05, 4.69) is 43.5 Å². The second kappa shape index (κ2) is 6.94. The Hall–Kier alpha value is -1.55. The SMILES string of the molecule is Cc1ccc2c(c1)CC(CNC(C)C(=O)NCC(C)C)O2. The lowest BCUT2D eigenvalue weighted by Crippen LogP contribution is -2.46. The van der Waals surface area contributed by atoms with Crippen LogP contribution in [-0.4, -0.2) is 31.1 Å². The molecule has 0 bridgehead atoms. The van der Waals surface area contributed by atoms with Crippen molar-refractivity contribution in [3.63, 3.8) is 0 Å². The van der Waals surface area contributed by atoms with E-state index in [0.717, 1.165) is 18.7 Å². The summed E-state index contributed by atoms with van der Waals surface area (Å²) < 4.78 is 5.90. The van der Waals surface area contributed by atoms with Crippen LogP contribution in [0.15, 0.2) is 18.2 Å². The van der Waals surface area contributed by atoms with E-state index in [1.54, 1.807) is 0 Å². The first-order valence-corrected chi connectivity index (χ1v) is 7.73. The van der Waals surface area contributed by atoms with Crippen LogP contribution >= 0.6 is 0 Å². The fraction of sp³-hybridized carbons (Fsp3) is 0.588. The standard InChI is InChI=1S/C17H26N2O2/c1-11(2)9-19-17(20)13(4)18-10-15-8-14-7-12(3)5-6-16(14)21-15/h5-7,11,13,15,18H,8-10H2,1-4H3,(H,19,20). The fourth-order valence-corrected chi connectivity index (χ4v) is 2.42. The molecule has 1 aliphatic rings. The maximum absolute atomic E-state index is 11.9. The van der Waals surface area contributed by atoms with Crippen molar-refractivity contribution in [2.24, 2.45) is 5.92 Å². The first kappa shape index (κ1) is 15.8. The average Bonchev–Trinajstić information content (AvgIpc) is 2.83. The summed E-state index contributed by atoms with van der Waals surface area (Å²) in [4.78, 5) is 11.9. The van der Waals surface area contributed by atoms with E-state index in [-0.39, 0.29) is 18.1 Å². The lowest BCUT2D eigenvalue weighted by atomic mass is 10.1. The molecule has 1 amide bonds.